The topological polar surface area (TPSA) is 321 Å². The van der Waals surface area contributed by atoms with E-state index < -0.39 is 72.6 Å². The van der Waals surface area contributed by atoms with Crippen LogP contribution in [0.25, 0.3) is 0 Å². The van der Waals surface area contributed by atoms with Crippen molar-refractivity contribution in [1.82, 2.24) is 16.0 Å². The van der Waals surface area contributed by atoms with Crippen molar-refractivity contribution in [3.05, 3.63) is 0 Å². The van der Waals surface area contributed by atoms with Crippen LogP contribution in [0.3, 0.4) is 0 Å². The second-order valence-electron chi connectivity index (χ2n) is 8.13. The molecule has 0 aliphatic heterocycles. The van der Waals surface area contributed by atoms with Gasteiger partial charge in [-0.05, 0) is 38.6 Å². The maximum Gasteiger partial charge on any atom is 0.326 e. The molecule has 0 bridgehead atoms. The van der Waals surface area contributed by atoms with Crippen molar-refractivity contribution >= 4 is 41.5 Å². The summed E-state index contributed by atoms with van der Waals surface area (Å²) in [4.78, 5) is 75.4. The van der Waals surface area contributed by atoms with Gasteiger partial charge in [-0.25, -0.2) is 4.79 Å². The van der Waals surface area contributed by atoms with Gasteiger partial charge in [0, 0.05) is 6.54 Å². The summed E-state index contributed by atoms with van der Waals surface area (Å²) >= 11 is 0. The fourth-order valence-electron chi connectivity index (χ4n) is 3.02. The molecule has 4 unspecified atom stereocenters. The summed E-state index contributed by atoms with van der Waals surface area (Å²) in [5, 5.41) is 25.0. The smallest absolute Gasteiger partial charge is 0.326 e. The van der Waals surface area contributed by atoms with Gasteiger partial charge in [0.1, 0.15) is 18.1 Å². The Morgan fingerprint density at radius 1 is 0.730 bits per heavy atom. The van der Waals surface area contributed by atoms with Crippen LogP contribution in [-0.2, 0) is 28.8 Å². The molecule has 17 heteroatoms. The van der Waals surface area contributed by atoms with Crippen molar-refractivity contribution in [3.8, 4) is 0 Å². The van der Waals surface area contributed by atoms with Crippen LogP contribution in [-0.4, -0.2) is 89.0 Å². The van der Waals surface area contributed by atoms with Crippen LogP contribution in [0, 0.1) is 0 Å². The zero-order valence-electron chi connectivity index (χ0n) is 20.4. The summed E-state index contributed by atoms with van der Waals surface area (Å²) in [5.74, 6) is -6.96. The van der Waals surface area contributed by atoms with Gasteiger partial charge in [0.05, 0.1) is 18.9 Å². The number of guanidine groups is 1. The van der Waals surface area contributed by atoms with E-state index in [0.29, 0.717) is 25.8 Å². The Balaban J connectivity index is 5.47. The van der Waals surface area contributed by atoms with Crippen LogP contribution >= 0.6 is 0 Å². The number of unbranched alkanes of at least 4 members (excludes halogenated alkanes) is 1. The largest absolute Gasteiger partial charge is 0.481 e. The Morgan fingerprint density at radius 3 is 1.81 bits per heavy atom. The average molecular weight is 532 g/mol. The monoisotopic (exact) mass is 531 g/mol. The maximum absolute atomic E-state index is 12.9. The van der Waals surface area contributed by atoms with E-state index >= 15 is 0 Å². The molecule has 0 radical (unpaired) electrons. The third-order valence-corrected chi connectivity index (χ3v) is 4.92. The molecule has 0 aromatic rings. The molecule has 4 atom stereocenters. The SMILES string of the molecule is NCCCCC(NC(=O)C(N)CCCN=C(N)N)C(=O)NC(CC(=O)O)C(=O)NC(CC(N)=O)C(=O)O. The highest BCUT2D eigenvalue weighted by Crippen LogP contribution is 2.05. The number of primary amides is 1. The molecule has 0 aliphatic rings. The highest BCUT2D eigenvalue weighted by atomic mass is 16.4. The van der Waals surface area contributed by atoms with Gasteiger partial charge >= 0.3 is 11.9 Å². The van der Waals surface area contributed by atoms with Crippen LogP contribution in [0.5, 0.6) is 0 Å². The van der Waals surface area contributed by atoms with Crippen LogP contribution in [0.1, 0.15) is 44.9 Å². The molecule has 0 rings (SSSR count). The molecule has 0 heterocycles. The Hall–Kier alpha value is -3.99. The average Bonchev–Trinajstić information content (AvgIpc) is 2.79. The summed E-state index contributed by atoms with van der Waals surface area (Å²) < 4.78 is 0. The van der Waals surface area contributed by atoms with Crippen molar-refractivity contribution in [2.24, 2.45) is 33.7 Å². The quantitative estimate of drug-likeness (QED) is 0.0427. The summed E-state index contributed by atoms with van der Waals surface area (Å²) in [6.45, 7) is 0.551. The number of carboxylic acids is 2. The van der Waals surface area contributed by atoms with Crippen LogP contribution in [0.2, 0.25) is 0 Å². The van der Waals surface area contributed by atoms with Gasteiger partial charge in [0.25, 0.3) is 0 Å². The molecule has 0 aromatic carbocycles. The number of nitrogens with zero attached hydrogens (tertiary/aromatic N) is 1. The first-order valence-electron chi connectivity index (χ1n) is 11.4. The third kappa shape index (κ3) is 14.9. The van der Waals surface area contributed by atoms with Gasteiger partial charge in [-0.3, -0.25) is 29.0 Å². The van der Waals surface area contributed by atoms with Crippen LogP contribution in [0.15, 0.2) is 4.99 Å². The Kier molecular flexibility index (Phi) is 15.6. The van der Waals surface area contributed by atoms with Crippen LogP contribution < -0.4 is 44.6 Å². The lowest BCUT2D eigenvalue weighted by atomic mass is 10.1. The van der Waals surface area contributed by atoms with Crippen LogP contribution in [0.4, 0.5) is 0 Å². The highest BCUT2D eigenvalue weighted by molar-refractivity contribution is 5.96. The number of carbonyl (C=O) groups excluding carboxylic acids is 4. The predicted octanol–water partition coefficient (Wildman–Crippen LogP) is -4.61. The van der Waals surface area contributed by atoms with E-state index in [2.05, 4.69) is 15.6 Å². The van der Waals surface area contributed by atoms with Gasteiger partial charge in [0.15, 0.2) is 5.96 Å². The molecule has 37 heavy (non-hydrogen) atoms. The van der Waals surface area contributed by atoms with E-state index in [-0.39, 0.29) is 25.3 Å². The van der Waals surface area contributed by atoms with E-state index in [9.17, 15) is 28.8 Å². The number of amides is 4. The molecule has 210 valence electrons. The fourth-order valence-corrected chi connectivity index (χ4v) is 3.02. The number of hydrogen-bond acceptors (Lipinski definition) is 9. The molecule has 0 saturated heterocycles. The third-order valence-electron chi connectivity index (χ3n) is 4.92. The highest BCUT2D eigenvalue weighted by Gasteiger charge is 2.32. The summed E-state index contributed by atoms with van der Waals surface area (Å²) in [7, 11) is 0. The molecule has 15 N–H and O–H groups in total. The molecular weight excluding hydrogens is 494 g/mol. The number of carboxylic acid groups (broad SMARTS) is 2. The zero-order chi connectivity index (χ0) is 28.5. The molecule has 0 aliphatic carbocycles. The lowest BCUT2D eigenvalue weighted by Gasteiger charge is -2.24. The number of rotatable bonds is 19. The fraction of sp³-hybridized carbons (Fsp3) is 0.650. The zero-order valence-corrected chi connectivity index (χ0v) is 20.4. The molecule has 0 saturated carbocycles. The summed E-state index contributed by atoms with van der Waals surface area (Å²) in [5.41, 5.74) is 26.8. The molecule has 4 amide bonds. The van der Waals surface area contributed by atoms with Gasteiger partial charge < -0.3 is 54.8 Å². The number of aliphatic imine (C=N–C) groups is 1. The first kappa shape index (κ1) is 33.0. The first-order chi connectivity index (χ1) is 17.3. The number of nitrogens with two attached hydrogens (primary N) is 5. The van der Waals surface area contributed by atoms with Crippen molar-refractivity contribution in [1.29, 1.82) is 0 Å². The lowest BCUT2D eigenvalue weighted by molar-refractivity contribution is -0.144. The van der Waals surface area contributed by atoms with E-state index in [0.717, 1.165) is 0 Å². The second-order valence-corrected chi connectivity index (χ2v) is 8.13. The Labute approximate surface area is 212 Å². The minimum absolute atomic E-state index is 0.0936. The van der Waals surface area contributed by atoms with Gasteiger partial charge in [-0.2, -0.15) is 0 Å². The summed E-state index contributed by atoms with van der Waals surface area (Å²) in [6.07, 6.45) is -0.0767. The van der Waals surface area contributed by atoms with Gasteiger partial charge in [-0.15, -0.1) is 0 Å². The minimum Gasteiger partial charge on any atom is -0.481 e. The lowest BCUT2D eigenvalue weighted by Crippen LogP contribution is -2.57. The number of aliphatic carboxylic acids is 2. The maximum atomic E-state index is 12.9. The molecule has 0 spiro atoms. The molecule has 0 aromatic heterocycles. The van der Waals surface area contributed by atoms with Crippen molar-refractivity contribution < 1.29 is 39.0 Å². The molecule has 0 fully saturated rings. The van der Waals surface area contributed by atoms with Gasteiger partial charge in [0.2, 0.25) is 23.6 Å². The second kappa shape index (κ2) is 17.4. The summed E-state index contributed by atoms with van der Waals surface area (Å²) in [6, 6.07) is -5.67. The van der Waals surface area contributed by atoms with Crippen molar-refractivity contribution in [2.45, 2.75) is 69.1 Å². The molecular formula is C20H37N9O8. The number of hydrogen-bond donors (Lipinski definition) is 10. The van der Waals surface area contributed by atoms with E-state index in [1.165, 1.54) is 0 Å². The number of carbonyl (C=O) groups is 6. The standard InChI is InChI=1S/C20H37N9O8/c21-6-2-1-5-11(27-16(33)10(22)4-3-7-26-20(24)25)17(34)28-12(9-15(31)32)18(35)29-13(19(36)37)8-14(23)30/h10-13H,1-9,21-22H2,(H2,23,30)(H,27,33)(H,28,34)(H,29,35)(H,31,32)(H,36,37)(H4,24,25,26). The van der Waals surface area contributed by atoms with Crippen molar-refractivity contribution in [3.63, 3.8) is 0 Å². The van der Waals surface area contributed by atoms with Gasteiger partial charge in [-0.1, -0.05) is 0 Å². The Morgan fingerprint density at radius 2 is 1.30 bits per heavy atom. The minimum atomic E-state index is -1.74. The van der Waals surface area contributed by atoms with E-state index in [4.69, 9.17) is 38.9 Å². The number of nitrogens with one attached hydrogen (secondary N) is 3. The van der Waals surface area contributed by atoms with E-state index in [1.807, 2.05) is 5.32 Å². The van der Waals surface area contributed by atoms with E-state index in [1.54, 1.807) is 0 Å². The van der Waals surface area contributed by atoms with Crippen molar-refractivity contribution in [2.75, 3.05) is 13.1 Å². The molecule has 17 nitrogen and oxygen atoms in total. The Bertz CT molecular complexity index is 848. The normalized spacial score (nSPS) is 13.8. The predicted molar refractivity (Wildman–Crippen MR) is 130 cm³/mol. The first-order valence-corrected chi connectivity index (χ1v) is 11.4.